The summed E-state index contributed by atoms with van der Waals surface area (Å²) in [5.74, 6) is 0.300. The predicted octanol–water partition coefficient (Wildman–Crippen LogP) is 3.75. The Labute approximate surface area is 124 Å². The molecule has 21 heavy (non-hydrogen) atoms. The summed E-state index contributed by atoms with van der Waals surface area (Å²) >= 11 is 0. The van der Waals surface area contributed by atoms with Crippen LogP contribution in [0.4, 0.5) is 0 Å². The van der Waals surface area contributed by atoms with Crippen LogP contribution in [-0.4, -0.2) is 28.6 Å². The van der Waals surface area contributed by atoms with Gasteiger partial charge in [0, 0.05) is 11.4 Å². The van der Waals surface area contributed by atoms with Gasteiger partial charge in [-0.25, -0.2) is 4.79 Å². The lowest BCUT2D eigenvalue weighted by Gasteiger charge is -2.37. The SMILES string of the molecule is CC1CCCN(Cc2oc3ccccc3c2C(=O)O)C1C. The molecule has 2 atom stereocenters. The van der Waals surface area contributed by atoms with Gasteiger partial charge in [-0.2, -0.15) is 0 Å². The van der Waals surface area contributed by atoms with Gasteiger partial charge in [0.25, 0.3) is 0 Å². The topological polar surface area (TPSA) is 53.7 Å². The lowest BCUT2D eigenvalue weighted by molar-refractivity contribution is 0.0686. The highest BCUT2D eigenvalue weighted by atomic mass is 16.4. The molecule has 0 radical (unpaired) electrons. The fourth-order valence-corrected chi connectivity index (χ4v) is 3.27. The molecule has 4 heteroatoms. The number of hydrogen-bond acceptors (Lipinski definition) is 3. The minimum atomic E-state index is -0.910. The van der Waals surface area contributed by atoms with Crippen LogP contribution in [0, 0.1) is 5.92 Å². The summed E-state index contributed by atoms with van der Waals surface area (Å²) in [5.41, 5.74) is 0.971. The van der Waals surface area contributed by atoms with Crippen molar-refractivity contribution in [2.75, 3.05) is 6.54 Å². The molecule has 2 heterocycles. The first-order chi connectivity index (χ1) is 10.1. The van der Waals surface area contributed by atoms with Gasteiger partial charge in [0.05, 0.1) is 6.54 Å². The second-order valence-electron chi connectivity index (χ2n) is 6.03. The third-order valence-electron chi connectivity index (χ3n) is 4.73. The van der Waals surface area contributed by atoms with E-state index >= 15 is 0 Å². The maximum absolute atomic E-state index is 11.6. The summed E-state index contributed by atoms with van der Waals surface area (Å²) in [4.78, 5) is 13.9. The van der Waals surface area contributed by atoms with Gasteiger partial charge in [-0.15, -0.1) is 0 Å². The highest BCUT2D eigenvalue weighted by Crippen LogP contribution is 2.30. The van der Waals surface area contributed by atoms with E-state index in [-0.39, 0.29) is 0 Å². The third-order valence-corrected chi connectivity index (χ3v) is 4.73. The van der Waals surface area contributed by atoms with Crippen LogP contribution in [0.1, 0.15) is 42.8 Å². The quantitative estimate of drug-likeness (QED) is 0.934. The minimum absolute atomic E-state index is 0.316. The van der Waals surface area contributed by atoms with E-state index < -0.39 is 5.97 Å². The first-order valence-electron chi connectivity index (χ1n) is 7.55. The van der Waals surface area contributed by atoms with Crippen molar-refractivity contribution >= 4 is 16.9 Å². The molecule has 0 amide bonds. The number of hydrogen-bond donors (Lipinski definition) is 1. The van der Waals surface area contributed by atoms with Gasteiger partial charge in [-0.3, -0.25) is 4.90 Å². The second-order valence-corrected chi connectivity index (χ2v) is 6.03. The number of aromatic carboxylic acids is 1. The van der Waals surface area contributed by atoms with E-state index in [1.807, 2.05) is 24.3 Å². The minimum Gasteiger partial charge on any atom is -0.478 e. The van der Waals surface area contributed by atoms with Crippen LogP contribution in [-0.2, 0) is 6.54 Å². The number of fused-ring (bicyclic) bond motifs is 1. The molecular formula is C17H21NO3. The average Bonchev–Trinajstić information content (AvgIpc) is 2.82. The largest absolute Gasteiger partial charge is 0.478 e. The number of carboxylic acids is 1. The molecule has 1 fully saturated rings. The molecule has 1 aromatic heterocycles. The standard InChI is InChI=1S/C17H21NO3/c1-11-6-5-9-18(12(11)2)10-15-16(17(19)20)13-7-3-4-8-14(13)21-15/h3-4,7-8,11-12H,5-6,9-10H2,1-2H3,(H,19,20). The molecule has 2 unspecified atom stereocenters. The molecule has 3 rings (SSSR count). The van der Waals surface area contributed by atoms with Crippen molar-refractivity contribution in [1.29, 1.82) is 0 Å². The van der Waals surface area contributed by atoms with Crippen LogP contribution in [0.3, 0.4) is 0 Å². The van der Waals surface area contributed by atoms with Crippen LogP contribution in [0.15, 0.2) is 28.7 Å². The number of carbonyl (C=O) groups is 1. The molecule has 1 aromatic carbocycles. The van der Waals surface area contributed by atoms with Gasteiger partial charge < -0.3 is 9.52 Å². The molecule has 0 bridgehead atoms. The smallest absolute Gasteiger partial charge is 0.339 e. The first-order valence-corrected chi connectivity index (χ1v) is 7.55. The van der Waals surface area contributed by atoms with Crippen LogP contribution in [0.2, 0.25) is 0 Å². The van der Waals surface area contributed by atoms with Crippen molar-refractivity contribution in [1.82, 2.24) is 4.90 Å². The van der Waals surface area contributed by atoms with Gasteiger partial charge in [0.1, 0.15) is 16.9 Å². The Kier molecular flexibility index (Phi) is 3.72. The Bertz CT molecular complexity index is 661. The van der Waals surface area contributed by atoms with Crippen molar-refractivity contribution in [3.05, 3.63) is 35.6 Å². The Morgan fingerprint density at radius 2 is 2.14 bits per heavy atom. The summed E-state index contributed by atoms with van der Waals surface area (Å²) in [7, 11) is 0. The van der Waals surface area contributed by atoms with E-state index in [2.05, 4.69) is 18.7 Å². The summed E-state index contributed by atoms with van der Waals surface area (Å²) in [6, 6.07) is 7.81. The maximum Gasteiger partial charge on any atom is 0.339 e. The number of piperidine rings is 1. The number of para-hydroxylation sites is 1. The fourth-order valence-electron chi connectivity index (χ4n) is 3.27. The molecule has 1 saturated heterocycles. The second kappa shape index (κ2) is 5.53. The Morgan fingerprint density at radius 1 is 1.38 bits per heavy atom. The Morgan fingerprint density at radius 3 is 2.90 bits per heavy atom. The highest BCUT2D eigenvalue weighted by Gasteiger charge is 2.28. The van der Waals surface area contributed by atoms with Crippen LogP contribution in [0.25, 0.3) is 11.0 Å². The third kappa shape index (κ3) is 2.56. The number of likely N-dealkylation sites (tertiary alicyclic amines) is 1. The van der Waals surface area contributed by atoms with Gasteiger partial charge in [-0.05, 0) is 38.3 Å². The zero-order chi connectivity index (χ0) is 15.0. The number of rotatable bonds is 3. The monoisotopic (exact) mass is 287 g/mol. The maximum atomic E-state index is 11.6. The Hall–Kier alpha value is -1.81. The van der Waals surface area contributed by atoms with Crippen molar-refractivity contribution < 1.29 is 14.3 Å². The highest BCUT2D eigenvalue weighted by molar-refractivity contribution is 6.03. The number of benzene rings is 1. The van der Waals surface area contributed by atoms with E-state index in [4.69, 9.17) is 4.42 Å². The predicted molar refractivity (Wildman–Crippen MR) is 81.4 cm³/mol. The van der Waals surface area contributed by atoms with E-state index in [1.165, 1.54) is 6.42 Å². The summed E-state index contributed by atoms with van der Waals surface area (Å²) < 4.78 is 5.82. The van der Waals surface area contributed by atoms with Crippen LogP contribution < -0.4 is 0 Å². The van der Waals surface area contributed by atoms with Crippen LogP contribution >= 0.6 is 0 Å². The summed E-state index contributed by atoms with van der Waals surface area (Å²) in [5, 5.41) is 10.2. The molecule has 0 saturated carbocycles. The number of nitrogens with zero attached hydrogens (tertiary/aromatic N) is 1. The molecular weight excluding hydrogens is 266 g/mol. The van der Waals surface area contributed by atoms with Crippen molar-refractivity contribution in [2.45, 2.75) is 39.3 Å². The summed E-state index contributed by atoms with van der Waals surface area (Å²) in [6.45, 7) is 6.05. The molecule has 0 aliphatic carbocycles. The lowest BCUT2D eigenvalue weighted by atomic mass is 9.92. The van der Waals surface area contributed by atoms with E-state index in [9.17, 15) is 9.90 Å². The van der Waals surface area contributed by atoms with E-state index in [0.717, 1.165) is 13.0 Å². The summed E-state index contributed by atoms with van der Waals surface area (Å²) in [6.07, 6.45) is 2.40. The van der Waals surface area contributed by atoms with Gasteiger partial charge >= 0.3 is 5.97 Å². The van der Waals surface area contributed by atoms with Crippen molar-refractivity contribution in [3.8, 4) is 0 Å². The number of carboxylic acid groups (broad SMARTS) is 1. The van der Waals surface area contributed by atoms with Crippen LogP contribution in [0.5, 0.6) is 0 Å². The average molecular weight is 287 g/mol. The molecule has 0 spiro atoms. The zero-order valence-corrected chi connectivity index (χ0v) is 12.5. The fraction of sp³-hybridized carbons (Fsp3) is 0.471. The molecule has 1 aliphatic heterocycles. The molecule has 112 valence electrons. The van der Waals surface area contributed by atoms with E-state index in [1.54, 1.807) is 0 Å². The molecule has 2 aromatic rings. The molecule has 1 aliphatic rings. The lowest BCUT2D eigenvalue weighted by Crippen LogP contribution is -2.41. The van der Waals surface area contributed by atoms with Crippen molar-refractivity contribution in [3.63, 3.8) is 0 Å². The first kappa shape index (κ1) is 14.1. The van der Waals surface area contributed by atoms with Gasteiger partial charge in [0.15, 0.2) is 0 Å². The Balaban J connectivity index is 1.96. The normalized spacial score (nSPS) is 23.5. The molecule has 4 nitrogen and oxygen atoms in total. The van der Waals surface area contributed by atoms with Crippen molar-refractivity contribution in [2.24, 2.45) is 5.92 Å². The number of furan rings is 1. The van der Waals surface area contributed by atoms with E-state index in [0.29, 0.717) is 40.8 Å². The zero-order valence-electron chi connectivity index (χ0n) is 12.5. The van der Waals surface area contributed by atoms with Gasteiger partial charge in [-0.1, -0.05) is 25.1 Å². The van der Waals surface area contributed by atoms with Gasteiger partial charge in [0.2, 0.25) is 0 Å². The molecule has 1 N–H and O–H groups in total.